The molecule has 1 aliphatic heterocycles. The van der Waals surface area contributed by atoms with E-state index in [4.69, 9.17) is 4.74 Å². The van der Waals surface area contributed by atoms with Crippen molar-refractivity contribution in [1.82, 2.24) is 14.8 Å². The number of rotatable bonds is 5. The summed E-state index contributed by atoms with van der Waals surface area (Å²) in [5, 5.41) is 0. The van der Waals surface area contributed by atoms with Gasteiger partial charge in [-0.05, 0) is 59.2 Å². The normalized spacial score (nSPS) is 18.7. The summed E-state index contributed by atoms with van der Waals surface area (Å²) in [6, 6.07) is 3.69. The molecule has 1 aromatic heterocycles. The van der Waals surface area contributed by atoms with Gasteiger partial charge in [-0.1, -0.05) is 0 Å². The third-order valence-corrected chi connectivity index (χ3v) is 4.09. The molecule has 6 heteroatoms. The van der Waals surface area contributed by atoms with Gasteiger partial charge in [0.05, 0.1) is 12.2 Å². The zero-order chi connectivity index (χ0) is 17.7. The van der Waals surface area contributed by atoms with E-state index < -0.39 is 5.60 Å². The van der Waals surface area contributed by atoms with Crippen molar-refractivity contribution in [3.63, 3.8) is 0 Å². The lowest BCUT2D eigenvalue weighted by Crippen LogP contribution is -2.50. The maximum Gasteiger partial charge on any atom is 0.410 e. The van der Waals surface area contributed by atoms with Crippen LogP contribution in [-0.2, 0) is 4.74 Å². The second-order valence-electron chi connectivity index (χ2n) is 7.53. The fourth-order valence-corrected chi connectivity index (χ4v) is 3.01. The quantitative estimate of drug-likeness (QED) is 0.840. The fraction of sp³-hybridized carbons (Fsp3) is 0.667. The molecular formula is C18H29N3O3. The van der Waals surface area contributed by atoms with E-state index in [9.17, 15) is 9.59 Å². The highest BCUT2D eigenvalue weighted by molar-refractivity contribution is 5.95. The molecule has 1 atom stereocenters. The van der Waals surface area contributed by atoms with E-state index in [0.717, 1.165) is 25.8 Å². The van der Waals surface area contributed by atoms with Gasteiger partial charge in [0.15, 0.2) is 5.78 Å². The van der Waals surface area contributed by atoms with Crippen molar-refractivity contribution in [1.29, 1.82) is 0 Å². The Hall–Kier alpha value is -1.82. The highest BCUT2D eigenvalue weighted by Crippen LogP contribution is 2.21. The Kier molecular flexibility index (Phi) is 6.04. The number of amides is 1. The number of carbonyl (C=O) groups is 2. The predicted octanol–water partition coefficient (Wildman–Crippen LogP) is 2.92. The van der Waals surface area contributed by atoms with E-state index in [-0.39, 0.29) is 17.9 Å². The summed E-state index contributed by atoms with van der Waals surface area (Å²) < 4.78 is 5.53. The number of nitrogens with zero attached hydrogens (tertiary/aromatic N) is 2. The molecule has 0 aliphatic carbocycles. The molecule has 0 saturated carbocycles. The molecule has 0 bridgehead atoms. The lowest BCUT2D eigenvalue weighted by atomic mass is 10.0. The first-order valence-electron chi connectivity index (χ1n) is 8.61. The molecule has 1 fully saturated rings. The van der Waals surface area contributed by atoms with Crippen LogP contribution in [0.15, 0.2) is 18.3 Å². The standard InChI is InChI=1S/C18H29N3O3/c1-18(2,3)24-17(23)21-11-6-5-8-14(21)12-20(4)13-16(22)15-9-7-10-19-15/h7,9-10,14,19H,5-6,8,11-13H2,1-4H3/t14-/m0/s1. The number of ether oxygens (including phenoxy) is 1. The molecule has 1 N–H and O–H groups in total. The molecule has 1 saturated heterocycles. The third kappa shape index (κ3) is 5.37. The molecule has 0 unspecified atom stereocenters. The van der Waals surface area contributed by atoms with Crippen molar-refractivity contribution < 1.29 is 14.3 Å². The Morgan fingerprint density at radius 2 is 2.12 bits per heavy atom. The van der Waals surface area contributed by atoms with Crippen molar-refractivity contribution >= 4 is 11.9 Å². The van der Waals surface area contributed by atoms with Crippen LogP contribution < -0.4 is 0 Å². The number of aromatic nitrogens is 1. The first-order chi connectivity index (χ1) is 11.3. The van der Waals surface area contributed by atoms with Crippen LogP contribution in [0, 0.1) is 0 Å². The van der Waals surface area contributed by atoms with Crippen molar-refractivity contribution in [2.45, 2.75) is 51.7 Å². The number of ketones is 1. The Morgan fingerprint density at radius 3 is 2.75 bits per heavy atom. The second kappa shape index (κ2) is 7.83. The lowest BCUT2D eigenvalue weighted by molar-refractivity contribution is 0.00638. The molecule has 0 radical (unpaired) electrons. The van der Waals surface area contributed by atoms with E-state index in [2.05, 4.69) is 4.98 Å². The molecule has 6 nitrogen and oxygen atoms in total. The average Bonchev–Trinajstić information content (AvgIpc) is 3.00. The molecular weight excluding hydrogens is 306 g/mol. The minimum atomic E-state index is -0.492. The number of nitrogens with one attached hydrogen (secondary N) is 1. The molecule has 0 spiro atoms. The van der Waals surface area contributed by atoms with E-state index in [1.54, 1.807) is 12.3 Å². The van der Waals surface area contributed by atoms with Crippen LogP contribution in [-0.4, -0.2) is 65.0 Å². The first-order valence-corrected chi connectivity index (χ1v) is 8.61. The predicted molar refractivity (Wildman–Crippen MR) is 93.2 cm³/mol. The first kappa shape index (κ1) is 18.5. The Morgan fingerprint density at radius 1 is 1.38 bits per heavy atom. The summed E-state index contributed by atoms with van der Waals surface area (Å²) in [5.41, 5.74) is 0.128. The maximum absolute atomic E-state index is 12.4. The molecule has 24 heavy (non-hydrogen) atoms. The SMILES string of the molecule is CN(CC(=O)c1ccc[nH]1)C[C@@H]1CCCCN1C(=O)OC(C)(C)C. The molecule has 1 amide bonds. The number of Topliss-reactive ketones (excluding diaryl/α,β-unsaturated/α-hetero) is 1. The highest BCUT2D eigenvalue weighted by atomic mass is 16.6. The fourth-order valence-electron chi connectivity index (χ4n) is 3.01. The van der Waals surface area contributed by atoms with Gasteiger partial charge in [-0.3, -0.25) is 9.69 Å². The van der Waals surface area contributed by atoms with Crippen LogP contribution in [0.1, 0.15) is 50.5 Å². The van der Waals surface area contributed by atoms with Crippen LogP contribution in [0.2, 0.25) is 0 Å². The topological polar surface area (TPSA) is 65.6 Å². The minimum Gasteiger partial charge on any atom is -0.444 e. The number of carbonyl (C=O) groups excluding carboxylic acids is 2. The monoisotopic (exact) mass is 335 g/mol. The van der Waals surface area contributed by atoms with Gasteiger partial charge in [0, 0.05) is 25.3 Å². The Labute approximate surface area is 144 Å². The molecule has 134 valence electrons. The van der Waals surface area contributed by atoms with E-state index in [1.807, 2.05) is 43.7 Å². The number of likely N-dealkylation sites (N-methyl/N-ethyl adjacent to an activating group) is 1. The zero-order valence-electron chi connectivity index (χ0n) is 15.2. The molecule has 1 aromatic rings. The molecule has 2 heterocycles. The number of H-pyrrole nitrogens is 1. The largest absolute Gasteiger partial charge is 0.444 e. The molecule has 0 aromatic carbocycles. The lowest BCUT2D eigenvalue weighted by Gasteiger charge is -2.38. The van der Waals surface area contributed by atoms with E-state index >= 15 is 0 Å². The summed E-state index contributed by atoms with van der Waals surface area (Å²) in [7, 11) is 1.92. The maximum atomic E-state index is 12.4. The van der Waals surface area contributed by atoms with Gasteiger partial charge < -0.3 is 14.6 Å². The highest BCUT2D eigenvalue weighted by Gasteiger charge is 2.31. The van der Waals surface area contributed by atoms with Crippen LogP contribution >= 0.6 is 0 Å². The summed E-state index contributed by atoms with van der Waals surface area (Å²) in [6.07, 6.45) is 4.54. The van der Waals surface area contributed by atoms with Gasteiger partial charge >= 0.3 is 6.09 Å². The summed E-state index contributed by atoms with van der Waals surface area (Å²) in [6.45, 7) is 7.36. The van der Waals surface area contributed by atoms with Gasteiger partial charge in [-0.25, -0.2) is 4.79 Å². The Bertz CT molecular complexity index is 548. The van der Waals surface area contributed by atoms with Gasteiger partial charge in [0.2, 0.25) is 0 Å². The second-order valence-corrected chi connectivity index (χ2v) is 7.53. The van der Waals surface area contributed by atoms with E-state index in [0.29, 0.717) is 18.8 Å². The van der Waals surface area contributed by atoms with Gasteiger partial charge in [-0.2, -0.15) is 0 Å². The molecule has 2 rings (SSSR count). The Balaban J connectivity index is 1.92. The zero-order valence-corrected chi connectivity index (χ0v) is 15.2. The minimum absolute atomic E-state index is 0.0575. The van der Waals surface area contributed by atoms with Crippen molar-refractivity contribution in [2.75, 3.05) is 26.7 Å². The number of likely N-dealkylation sites (tertiary alicyclic amines) is 1. The van der Waals surface area contributed by atoms with Gasteiger partial charge in [0.25, 0.3) is 0 Å². The third-order valence-electron chi connectivity index (χ3n) is 4.09. The van der Waals surface area contributed by atoms with Crippen LogP contribution in [0.4, 0.5) is 4.79 Å². The van der Waals surface area contributed by atoms with Crippen LogP contribution in [0.25, 0.3) is 0 Å². The molecule has 1 aliphatic rings. The van der Waals surface area contributed by atoms with Crippen LogP contribution in [0.3, 0.4) is 0 Å². The summed E-state index contributed by atoms with van der Waals surface area (Å²) >= 11 is 0. The average molecular weight is 335 g/mol. The number of hydrogen-bond acceptors (Lipinski definition) is 4. The smallest absolute Gasteiger partial charge is 0.410 e. The van der Waals surface area contributed by atoms with Crippen molar-refractivity contribution in [3.8, 4) is 0 Å². The number of piperidine rings is 1. The van der Waals surface area contributed by atoms with Crippen molar-refractivity contribution in [3.05, 3.63) is 24.0 Å². The van der Waals surface area contributed by atoms with Gasteiger partial charge in [-0.15, -0.1) is 0 Å². The number of aromatic amines is 1. The van der Waals surface area contributed by atoms with E-state index in [1.165, 1.54) is 0 Å². The summed E-state index contributed by atoms with van der Waals surface area (Å²) in [5.74, 6) is 0.0575. The van der Waals surface area contributed by atoms with Gasteiger partial charge in [0.1, 0.15) is 5.60 Å². The van der Waals surface area contributed by atoms with Crippen molar-refractivity contribution in [2.24, 2.45) is 0 Å². The van der Waals surface area contributed by atoms with Crippen LogP contribution in [0.5, 0.6) is 0 Å². The summed E-state index contributed by atoms with van der Waals surface area (Å²) in [4.78, 5) is 31.4. The number of hydrogen-bond donors (Lipinski definition) is 1.